The molecular formula is C28H32BrN13O5. The lowest BCUT2D eigenvalue weighted by atomic mass is 10.3. The summed E-state index contributed by atoms with van der Waals surface area (Å²) in [4.78, 5) is 63.3. The topological polar surface area (TPSA) is 241 Å². The molecule has 0 aliphatic rings. The van der Waals surface area contributed by atoms with E-state index in [0.29, 0.717) is 11.4 Å². The van der Waals surface area contributed by atoms with Gasteiger partial charge in [0.25, 0.3) is 29.5 Å². The van der Waals surface area contributed by atoms with Gasteiger partial charge in [-0.2, -0.15) is 10.2 Å². The quantitative estimate of drug-likeness (QED) is 0.0644. The van der Waals surface area contributed by atoms with Crippen molar-refractivity contribution in [3.05, 3.63) is 70.5 Å². The Bertz CT molecular complexity index is 1930. The Balaban J connectivity index is 1.38. The zero-order valence-corrected chi connectivity index (χ0v) is 27.4. The lowest BCUT2D eigenvalue weighted by molar-refractivity contribution is -0.112. The number of carbonyl (C=O) groups excluding carboxylic acids is 5. The number of aromatic nitrogens is 6. The van der Waals surface area contributed by atoms with Crippen LogP contribution < -0.4 is 32.3 Å². The lowest BCUT2D eigenvalue weighted by Crippen LogP contribution is -2.29. The second-order valence-corrected chi connectivity index (χ2v) is 11.2. The molecule has 0 aliphatic carbocycles. The van der Waals surface area contributed by atoms with Crippen molar-refractivity contribution in [2.45, 2.75) is 6.42 Å². The van der Waals surface area contributed by atoms with Crippen LogP contribution in [-0.2, 0) is 33.0 Å². The molecule has 246 valence electrons. The molecule has 19 heteroatoms. The Morgan fingerprint density at radius 1 is 0.745 bits per heavy atom. The first-order valence-electron chi connectivity index (χ1n) is 13.7. The molecule has 0 bridgehead atoms. The number of halogens is 1. The Morgan fingerprint density at radius 3 is 1.68 bits per heavy atom. The number of carbonyl (C=O) groups is 5. The van der Waals surface area contributed by atoms with Crippen molar-refractivity contribution < 1.29 is 24.0 Å². The summed E-state index contributed by atoms with van der Waals surface area (Å²) in [6.07, 6.45) is 3.30. The monoisotopic (exact) mass is 709 g/mol. The summed E-state index contributed by atoms with van der Waals surface area (Å²) < 4.78 is 5.74. The average molecular weight is 711 g/mol. The zero-order valence-electron chi connectivity index (χ0n) is 25.8. The Kier molecular flexibility index (Phi) is 10.1. The second kappa shape index (κ2) is 14.0. The van der Waals surface area contributed by atoms with Gasteiger partial charge in [-0.1, -0.05) is 6.58 Å². The van der Waals surface area contributed by atoms with Crippen LogP contribution in [0.25, 0.3) is 0 Å². The SMILES string of the molecule is C=C(Br)C(=O)Nc1cc(C(=O)Nc2cc(C(=O)Nc3cc(C(=O)Nc4cc(C(=O)NCCC(=N)N)n(C)n4)n(C)c3)n(C)c2)n(C)n1. The Labute approximate surface area is 276 Å². The van der Waals surface area contributed by atoms with Crippen LogP contribution in [0.5, 0.6) is 0 Å². The van der Waals surface area contributed by atoms with Gasteiger partial charge in [0.15, 0.2) is 11.6 Å². The largest absolute Gasteiger partial charge is 0.388 e. The van der Waals surface area contributed by atoms with Crippen LogP contribution in [0.1, 0.15) is 48.4 Å². The molecule has 0 aromatic carbocycles. The van der Waals surface area contributed by atoms with Gasteiger partial charge in [0.2, 0.25) is 0 Å². The van der Waals surface area contributed by atoms with E-state index in [2.05, 4.69) is 59.3 Å². The van der Waals surface area contributed by atoms with E-state index in [-0.39, 0.29) is 57.7 Å². The van der Waals surface area contributed by atoms with Crippen molar-refractivity contribution in [3.63, 3.8) is 0 Å². The molecule has 47 heavy (non-hydrogen) atoms. The molecule has 0 saturated carbocycles. The molecule has 0 fully saturated rings. The summed E-state index contributed by atoms with van der Waals surface area (Å²) in [6.45, 7) is 3.67. The van der Waals surface area contributed by atoms with Gasteiger partial charge in [0.1, 0.15) is 22.8 Å². The summed E-state index contributed by atoms with van der Waals surface area (Å²) in [5.41, 5.74) is 6.73. The fourth-order valence-electron chi connectivity index (χ4n) is 4.35. The molecule has 4 rings (SSSR count). The van der Waals surface area contributed by atoms with E-state index in [0.717, 1.165) is 0 Å². The average Bonchev–Trinajstić information content (AvgIpc) is 3.73. The van der Waals surface area contributed by atoms with Gasteiger partial charge in [-0.25, -0.2) is 0 Å². The summed E-state index contributed by atoms with van der Waals surface area (Å²) in [5, 5.41) is 28.7. The molecular weight excluding hydrogens is 678 g/mol. The van der Waals surface area contributed by atoms with Gasteiger partial charge in [-0.05, 0) is 28.1 Å². The van der Waals surface area contributed by atoms with Crippen LogP contribution in [0, 0.1) is 5.41 Å². The highest BCUT2D eigenvalue weighted by atomic mass is 79.9. The summed E-state index contributed by atoms with van der Waals surface area (Å²) in [6, 6.07) is 5.75. The van der Waals surface area contributed by atoms with Crippen LogP contribution >= 0.6 is 15.9 Å². The normalized spacial score (nSPS) is 10.7. The van der Waals surface area contributed by atoms with E-state index < -0.39 is 29.5 Å². The van der Waals surface area contributed by atoms with Crippen molar-refractivity contribution in [2.75, 3.05) is 27.8 Å². The predicted octanol–water partition coefficient (Wildman–Crippen LogP) is 1.49. The number of hydrogen-bond acceptors (Lipinski definition) is 8. The van der Waals surface area contributed by atoms with Crippen LogP contribution in [0.3, 0.4) is 0 Å². The van der Waals surface area contributed by atoms with E-state index in [1.165, 1.54) is 49.8 Å². The van der Waals surface area contributed by atoms with Gasteiger partial charge in [-0.3, -0.25) is 38.7 Å². The second-order valence-electron chi connectivity index (χ2n) is 10.3. The number of nitrogens with zero attached hydrogens (tertiary/aromatic N) is 6. The summed E-state index contributed by atoms with van der Waals surface area (Å²) in [7, 11) is 6.34. The molecule has 0 atom stereocenters. The van der Waals surface area contributed by atoms with E-state index >= 15 is 0 Å². The molecule has 0 saturated heterocycles. The van der Waals surface area contributed by atoms with Gasteiger partial charge in [0.05, 0.1) is 21.7 Å². The van der Waals surface area contributed by atoms with E-state index in [4.69, 9.17) is 11.1 Å². The molecule has 18 nitrogen and oxygen atoms in total. The maximum Gasteiger partial charge on any atom is 0.274 e. The van der Waals surface area contributed by atoms with Crippen molar-refractivity contribution in [3.8, 4) is 0 Å². The highest BCUT2D eigenvalue weighted by Crippen LogP contribution is 2.20. The highest BCUT2D eigenvalue weighted by molar-refractivity contribution is 9.12. The minimum Gasteiger partial charge on any atom is -0.388 e. The first-order chi connectivity index (χ1) is 22.1. The third-order valence-electron chi connectivity index (χ3n) is 6.63. The van der Waals surface area contributed by atoms with Crippen molar-refractivity contribution >= 4 is 74.3 Å². The van der Waals surface area contributed by atoms with Crippen LogP contribution in [0.4, 0.5) is 23.0 Å². The molecule has 0 aliphatic heterocycles. The third kappa shape index (κ3) is 8.19. The summed E-state index contributed by atoms with van der Waals surface area (Å²) >= 11 is 2.98. The number of rotatable bonds is 12. The van der Waals surface area contributed by atoms with E-state index in [9.17, 15) is 24.0 Å². The van der Waals surface area contributed by atoms with Crippen LogP contribution in [0.2, 0.25) is 0 Å². The van der Waals surface area contributed by atoms with E-state index in [1.54, 1.807) is 33.5 Å². The molecule has 0 radical (unpaired) electrons. The molecule has 0 spiro atoms. The van der Waals surface area contributed by atoms with Gasteiger partial charge >= 0.3 is 0 Å². The first kappa shape index (κ1) is 33.9. The number of nitrogens with two attached hydrogens (primary N) is 1. The number of amidine groups is 1. The number of anilines is 4. The molecule has 5 amide bonds. The number of aryl methyl sites for hydroxylation is 4. The summed E-state index contributed by atoms with van der Waals surface area (Å²) in [5.74, 6) is -2.28. The first-order valence-corrected chi connectivity index (χ1v) is 14.5. The van der Waals surface area contributed by atoms with Crippen molar-refractivity contribution in [1.29, 1.82) is 5.41 Å². The molecule has 8 N–H and O–H groups in total. The third-order valence-corrected chi connectivity index (χ3v) is 6.99. The number of nitrogens with one attached hydrogen (secondary N) is 6. The molecule has 4 aromatic heterocycles. The smallest absolute Gasteiger partial charge is 0.274 e. The minimum absolute atomic E-state index is 0.0537. The highest BCUT2D eigenvalue weighted by Gasteiger charge is 2.21. The molecule has 4 aromatic rings. The van der Waals surface area contributed by atoms with Gasteiger partial charge < -0.3 is 41.5 Å². The van der Waals surface area contributed by atoms with E-state index in [1.807, 2.05) is 0 Å². The lowest BCUT2D eigenvalue weighted by Gasteiger charge is -2.03. The van der Waals surface area contributed by atoms with Crippen molar-refractivity contribution in [2.24, 2.45) is 33.9 Å². The minimum atomic E-state index is -0.534. The van der Waals surface area contributed by atoms with Crippen LogP contribution in [0.15, 0.2) is 47.7 Å². The fraction of sp³-hybridized carbons (Fsp3) is 0.214. The van der Waals surface area contributed by atoms with Crippen LogP contribution in [-0.4, -0.2) is 70.6 Å². The molecule has 4 heterocycles. The maximum atomic E-state index is 13.1. The number of hydrogen-bond donors (Lipinski definition) is 7. The van der Waals surface area contributed by atoms with Gasteiger partial charge in [-0.15, -0.1) is 0 Å². The maximum absolute atomic E-state index is 13.1. The van der Waals surface area contributed by atoms with Gasteiger partial charge in [0, 0.05) is 65.7 Å². The zero-order chi connectivity index (χ0) is 34.6. The predicted molar refractivity (Wildman–Crippen MR) is 177 cm³/mol. The standard InChI is InChI=1S/C28H32BrN13O5/c1-14(29)24(43)35-22-11-20(42(5)37-22)28(47)34-16-8-17(39(2)13-16)26(45)33-15-9-18(40(3)12-15)27(46)36-23-10-19(41(4)38-23)25(44)32-7-6-21(30)31/h8-13H,1,6-7H2,2-5H3,(H3,30,31)(H,32,44)(H,33,45)(H,34,47)(H,35,37,43)(H,36,38,46). The fourth-order valence-corrected chi connectivity index (χ4v) is 4.45. The van der Waals surface area contributed by atoms with Crippen molar-refractivity contribution in [1.82, 2.24) is 34.0 Å². The number of amides is 5. The molecule has 0 unspecified atom stereocenters. The Hall–Kier alpha value is -5.98. The Morgan fingerprint density at radius 2 is 1.19 bits per heavy atom.